The van der Waals surface area contributed by atoms with E-state index < -0.39 is 0 Å². The predicted molar refractivity (Wildman–Crippen MR) is 82.8 cm³/mol. The second kappa shape index (κ2) is 4.98. The Labute approximate surface area is 136 Å². The van der Waals surface area contributed by atoms with Crippen LogP contribution in [0.1, 0.15) is 6.42 Å². The molecule has 116 valence electrons. The van der Waals surface area contributed by atoms with Gasteiger partial charge < -0.3 is 14.8 Å². The topological polar surface area (TPSA) is 64.6 Å². The quantitative estimate of drug-likeness (QED) is 0.658. The summed E-state index contributed by atoms with van der Waals surface area (Å²) in [6, 6.07) is 7.23. The molecule has 2 saturated carbocycles. The van der Waals surface area contributed by atoms with Gasteiger partial charge in [0.15, 0.2) is 0 Å². The van der Waals surface area contributed by atoms with Crippen molar-refractivity contribution in [2.45, 2.75) is 17.4 Å². The van der Waals surface area contributed by atoms with Crippen LogP contribution in [0.25, 0.3) is 0 Å². The first-order valence-electron chi connectivity index (χ1n) is 7.39. The van der Waals surface area contributed by atoms with Crippen molar-refractivity contribution < 1.29 is 19.1 Å². The van der Waals surface area contributed by atoms with Crippen LogP contribution in [0.2, 0.25) is 0 Å². The van der Waals surface area contributed by atoms with Crippen molar-refractivity contribution in [1.82, 2.24) is 0 Å². The lowest BCUT2D eigenvalue weighted by molar-refractivity contribution is -0.145. The fourth-order valence-corrected chi connectivity index (χ4v) is 5.30. The van der Waals surface area contributed by atoms with E-state index in [4.69, 9.17) is 9.47 Å². The van der Waals surface area contributed by atoms with E-state index in [1.807, 2.05) is 18.2 Å². The number of hydrogen-bond donors (Lipinski definition) is 1. The Bertz CT molecular complexity index is 649. The molecule has 1 aliphatic heterocycles. The number of carbonyl (C=O) groups excluding carboxylic acids is 2. The van der Waals surface area contributed by atoms with Gasteiger partial charge in [-0.25, -0.2) is 0 Å². The van der Waals surface area contributed by atoms with Crippen LogP contribution in [0.5, 0.6) is 5.75 Å². The minimum Gasteiger partial charge on any atom is -0.497 e. The van der Waals surface area contributed by atoms with Crippen molar-refractivity contribution in [2.75, 3.05) is 12.4 Å². The van der Waals surface area contributed by atoms with Crippen LogP contribution < -0.4 is 10.1 Å². The van der Waals surface area contributed by atoms with E-state index in [1.54, 1.807) is 13.2 Å². The molecule has 3 aliphatic rings. The van der Waals surface area contributed by atoms with Crippen molar-refractivity contribution >= 4 is 33.5 Å². The van der Waals surface area contributed by atoms with Crippen molar-refractivity contribution in [3.8, 4) is 5.75 Å². The molecule has 1 saturated heterocycles. The summed E-state index contributed by atoms with van der Waals surface area (Å²) >= 11 is 3.62. The lowest BCUT2D eigenvalue weighted by Gasteiger charge is -2.27. The van der Waals surface area contributed by atoms with Gasteiger partial charge in [-0.3, -0.25) is 9.59 Å². The third-order valence-corrected chi connectivity index (χ3v) is 6.36. The van der Waals surface area contributed by atoms with Gasteiger partial charge in [0.2, 0.25) is 5.91 Å². The fourth-order valence-electron chi connectivity index (χ4n) is 4.26. The molecule has 3 fully saturated rings. The van der Waals surface area contributed by atoms with Gasteiger partial charge >= 0.3 is 5.97 Å². The number of fused-ring (bicyclic) bond motifs is 1. The van der Waals surface area contributed by atoms with Gasteiger partial charge in [-0.05, 0) is 24.5 Å². The Kier molecular flexibility index (Phi) is 3.18. The van der Waals surface area contributed by atoms with Gasteiger partial charge in [0, 0.05) is 17.7 Å². The molecular formula is C16H16BrNO4. The number of anilines is 1. The summed E-state index contributed by atoms with van der Waals surface area (Å²) in [6.45, 7) is 0. The molecule has 0 aromatic heterocycles. The Morgan fingerprint density at radius 1 is 1.41 bits per heavy atom. The van der Waals surface area contributed by atoms with Crippen molar-refractivity contribution in [2.24, 2.45) is 23.7 Å². The molecule has 0 unspecified atom stereocenters. The average Bonchev–Trinajstić information content (AvgIpc) is 3.11. The second-order valence-electron chi connectivity index (χ2n) is 6.18. The number of esters is 1. The first-order valence-corrected chi connectivity index (χ1v) is 8.31. The third kappa shape index (κ3) is 1.89. The van der Waals surface area contributed by atoms with Gasteiger partial charge in [-0.2, -0.15) is 0 Å². The highest BCUT2D eigenvalue weighted by Gasteiger charge is 2.67. The number of amides is 1. The van der Waals surface area contributed by atoms with Crippen LogP contribution in [0.15, 0.2) is 24.3 Å². The van der Waals surface area contributed by atoms with Crippen molar-refractivity contribution in [3.63, 3.8) is 0 Å². The molecule has 6 atom stereocenters. The number of carbonyl (C=O) groups is 2. The zero-order chi connectivity index (χ0) is 15.4. The summed E-state index contributed by atoms with van der Waals surface area (Å²) in [5, 5.41) is 2.92. The monoisotopic (exact) mass is 365 g/mol. The SMILES string of the molecule is COc1cccc(NC(=O)[C@@H]2[C@H]3C[C@H]4[C@H](OC(=O)[C@H]42)[C@@H]3Br)c1. The zero-order valence-corrected chi connectivity index (χ0v) is 13.6. The summed E-state index contributed by atoms with van der Waals surface area (Å²) < 4.78 is 10.6. The zero-order valence-electron chi connectivity index (χ0n) is 12.0. The highest BCUT2D eigenvalue weighted by atomic mass is 79.9. The lowest BCUT2D eigenvalue weighted by atomic mass is 9.79. The summed E-state index contributed by atoms with van der Waals surface area (Å²) in [7, 11) is 1.58. The molecule has 6 heteroatoms. The molecule has 1 N–H and O–H groups in total. The Balaban J connectivity index is 1.57. The first kappa shape index (κ1) is 14.1. The first-order chi connectivity index (χ1) is 10.6. The smallest absolute Gasteiger partial charge is 0.310 e. The predicted octanol–water partition coefficient (Wildman–Crippen LogP) is 2.20. The molecule has 2 aliphatic carbocycles. The largest absolute Gasteiger partial charge is 0.497 e. The van der Waals surface area contributed by atoms with E-state index in [2.05, 4.69) is 21.2 Å². The minimum absolute atomic E-state index is 0.0524. The summed E-state index contributed by atoms with van der Waals surface area (Å²) in [4.78, 5) is 24.9. The number of ether oxygens (including phenoxy) is 2. The summed E-state index contributed by atoms with van der Waals surface area (Å²) in [6.07, 6.45) is 0.830. The molecule has 0 radical (unpaired) electrons. The van der Waals surface area contributed by atoms with Gasteiger partial charge in [0.05, 0.1) is 23.8 Å². The number of benzene rings is 1. The van der Waals surface area contributed by atoms with E-state index >= 15 is 0 Å². The molecule has 1 aromatic carbocycles. The molecule has 22 heavy (non-hydrogen) atoms. The number of halogens is 1. The van der Waals surface area contributed by atoms with Crippen LogP contribution in [0, 0.1) is 23.7 Å². The summed E-state index contributed by atoms with van der Waals surface area (Å²) in [5.41, 5.74) is 0.682. The molecule has 0 spiro atoms. The standard InChI is InChI=1S/C16H16BrNO4/c1-21-8-4-2-3-7(5-8)18-15(19)11-9-6-10-12(11)16(20)22-14(10)13(9)17/h2-5,9-14H,6H2,1H3,(H,18,19)/t9-,10-,11-,12-,13-,14+/m1/s1. The van der Waals surface area contributed by atoms with Crippen molar-refractivity contribution in [1.29, 1.82) is 0 Å². The number of alkyl halides is 1. The minimum atomic E-state index is -0.313. The van der Waals surface area contributed by atoms with E-state index in [0.717, 1.165) is 6.42 Å². The maximum Gasteiger partial charge on any atom is 0.310 e. The third-order valence-electron chi connectivity index (χ3n) is 5.16. The summed E-state index contributed by atoms with van der Waals surface area (Å²) in [5.74, 6) is 0.114. The number of nitrogens with one attached hydrogen (secondary N) is 1. The van der Waals surface area contributed by atoms with Gasteiger partial charge in [0.25, 0.3) is 0 Å². The second-order valence-corrected chi connectivity index (χ2v) is 7.24. The van der Waals surface area contributed by atoms with Gasteiger partial charge in [-0.1, -0.05) is 22.0 Å². The molecule has 4 rings (SSSR count). The van der Waals surface area contributed by atoms with Crippen LogP contribution in [-0.2, 0) is 14.3 Å². The van der Waals surface area contributed by atoms with E-state index in [0.29, 0.717) is 11.4 Å². The average molecular weight is 366 g/mol. The highest BCUT2D eigenvalue weighted by Crippen LogP contribution is 2.60. The van der Waals surface area contributed by atoms with E-state index in [9.17, 15) is 9.59 Å². The highest BCUT2D eigenvalue weighted by molar-refractivity contribution is 9.09. The van der Waals surface area contributed by atoms with Crippen LogP contribution in [-0.4, -0.2) is 29.9 Å². The maximum atomic E-state index is 12.7. The molecular weight excluding hydrogens is 350 g/mol. The number of rotatable bonds is 3. The number of hydrogen-bond acceptors (Lipinski definition) is 4. The molecule has 1 heterocycles. The van der Waals surface area contributed by atoms with Gasteiger partial charge in [0.1, 0.15) is 11.9 Å². The fraction of sp³-hybridized carbons (Fsp3) is 0.500. The van der Waals surface area contributed by atoms with Crippen molar-refractivity contribution in [3.05, 3.63) is 24.3 Å². The molecule has 2 bridgehead atoms. The maximum absolute atomic E-state index is 12.7. The van der Waals surface area contributed by atoms with Gasteiger partial charge in [-0.15, -0.1) is 0 Å². The number of methoxy groups -OCH3 is 1. The van der Waals surface area contributed by atoms with Crippen LogP contribution in [0.4, 0.5) is 5.69 Å². The molecule has 1 amide bonds. The molecule has 5 nitrogen and oxygen atoms in total. The Hall–Kier alpha value is -1.56. The van der Waals surface area contributed by atoms with E-state index in [-0.39, 0.29) is 46.5 Å². The van der Waals surface area contributed by atoms with Crippen LogP contribution >= 0.6 is 15.9 Å². The normalized spacial score (nSPS) is 38.0. The Morgan fingerprint density at radius 2 is 2.23 bits per heavy atom. The Morgan fingerprint density at radius 3 is 3.00 bits per heavy atom. The lowest BCUT2D eigenvalue weighted by Crippen LogP contribution is -2.40. The molecule has 1 aromatic rings. The van der Waals surface area contributed by atoms with E-state index in [1.165, 1.54) is 0 Å². The van der Waals surface area contributed by atoms with Crippen LogP contribution in [0.3, 0.4) is 0 Å².